The fourth-order valence-electron chi connectivity index (χ4n) is 1.07. The van der Waals surface area contributed by atoms with Crippen LogP contribution in [0.2, 0.25) is 0 Å². The summed E-state index contributed by atoms with van der Waals surface area (Å²) in [5.74, 6) is -0.113. The maximum atomic E-state index is 10.8. The zero-order valence-corrected chi connectivity index (χ0v) is 6.87. The molecule has 4 N–H and O–H groups in total. The van der Waals surface area contributed by atoms with Gasteiger partial charge in [0.2, 0.25) is 0 Å². The lowest BCUT2D eigenvalue weighted by Gasteiger charge is -2.03. The number of hydrogen-bond acceptors (Lipinski definition) is 3. The van der Waals surface area contributed by atoms with E-state index in [0.717, 1.165) is 5.56 Å². The molecule has 0 spiro atoms. The van der Waals surface area contributed by atoms with Gasteiger partial charge in [0.05, 0.1) is 0 Å². The molecule has 4 nitrogen and oxygen atoms in total. The van der Waals surface area contributed by atoms with E-state index in [-0.39, 0.29) is 17.5 Å². The van der Waals surface area contributed by atoms with E-state index in [2.05, 4.69) is 4.98 Å². The molecule has 0 saturated heterocycles. The van der Waals surface area contributed by atoms with Crippen molar-refractivity contribution < 1.29 is 5.11 Å². The van der Waals surface area contributed by atoms with Crippen molar-refractivity contribution in [1.82, 2.24) is 4.98 Å². The Morgan fingerprint density at radius 1 is 1.67 bits per heavy atom. The van der Waals surface area contributed by atoms with Gasteiger partial charge in [-0.3, -0.25) is 9.78 Å². The molecule has 1 aromatic heterocycles. The summed E-state index contributed by atoms with van der Waals surface area (Å²) in [7, 11) is 0. The van der Waals surface area contributed by atoms with Crippen LogP contribution in [0.3, 0.4) is 0 Å². The van der Waals surface area contributed by atoms with Crippen LogP contribution >= 0.6 is 0 Å². The van der Waals surface area contributed by atoms with E-state index in [1.165, 1.54) is 12.1 Å². The number of aromatic amines is 1. The minimum Gasteiger partial charge on any atom is -0.495 e. The van der Waals surface area contributed by atoms with Crippen molar-refractivity contribution in [1.29, 1.82) is 0 Å². The quantitative estimate of drug-likeness (QED) is 0.580. The standard InChI is InChI=1S/C8H12N2O2/c1-5(9)2-6-3-7(11)10-8(12)4-6/h3-5H,2,9H2,1H3,(H2,10,11,12)/t5-/m0/s1. The van der Waals surface area contributed by atoms with Gasteiger partial charge in [0.1, 0.15) is 0 Å². The number of hydrogen-bond donors (Lipinski definition) is 3. The van der Waals surface area contributed by atoms with Gasteiger partial charge in [-0.1, -0.05) is 0 Å². The number of rotatable bonds is 2. The number of aromatic hydroxyl groups is 1. The molecule has 0 aliphatic carbocycles. The summed E-state index contributed by atoms with van der Waals surface area (Å²) in [6.45, 7) is 1.85. The lowest BCUT2D eigenvalue weighted by atomic mass is 10.1. The topological polar surface area (TPSA) is 79.1 Å². The molecule has 1 aromatic rings. The smallest absolute Gasteiger partial charge is 0.250 e. The lowest BCUT2D eigenvalue weighted by molar-refractivity contribution is 0.450. The van der Waals surface area contributed by atoms with Crippen molar-refractivity contribution in [3.05, 3.63) is 28.0 Å². The third kappa shape index (κ3) is 2.39. The molecule has 1 heterocycles. The number of H-pyrrole nitrogens is 1. The molecule has 0 bridgehead atoms. The van der Waals surface area contributed by atoms with E-state index in [4.69, 9.17) is 10.8 Å². The van der Waals surface area contributed by atoms with Crippen LogP contribution in [0, 0.1) is 0 Å². The highest BCUT2D eigenvalue weighted by atomic mass is 16.3. The first-order valence-corrected chi connectivity index (χ1v) is 3.75. The molecule has 0 aromatic carbocycles. The molecule has 0 aliphatic rings. The SMILES string of the molecule is C[C@H](N)Cc1cc(O)[nH]c(=O)c1. The maximum absolute atomic E-state index is 10.8. The second-order valence-electron chi connectivity index (χ2n) is 2.92. The average Bonchev–Trinajstić information content (AvgIpc) is 1.81. The summed E-state index contributed by atoms with van der Waals surface area (Å²) < 4.78 is 0. The highest BCUT2D eigenvalue weighted by molar-refractivity contribution is 5.20. The number of nitrogens with one attached hydrogen (secondary N) is 1. The van der Waals surface area contributed by atoms with E-state index in [1.807, 2.05) is 6.92 Å². The molecule has 0 fully saturated rings. The molecule has 0 radical (unpaired) electrons. The van der Waals surface area contributed by atoms with E-state index in [9.17, 15) is 4.79 Å². The maximum Gasteiger partial charge on any atom is 0.250 e. The monoisotopic (exact) mass is 168 g/mol. The Kier molecular flexibility index (Phi) is 2.50. The summed E-state index contributed by atoms with van der Waals surface area (Å²) in [5, 5.41) is 9.01. The van der Waals surface area contributed by atoms with Crippen molar-refractivity contribution >= 4 is 0 Å². The van der Waals surface area contributed by atoms with Gasteiger partial charge in [-0.05, 0) is 18.9 Å². The van der Waals surface area contributed by atoms with Gasteiger partial charge in [-0.25, -0.2) is 0 Å². The fourth-order valence-corrected chi connectivity index (χ4v) is 1.07. The van der Waals surface area contributed by atoms with Gasteiger partial charge >= 0.3 is 0 Å². The molecule has 66 valence electrons. The Labute approximate surface area is 70.0 Å². The predicted octanol–water partition coefficient (Wildman–Crippen LogP) is -0.0298. The average molecular weight is 168 g/mol. The van der Waals surface area contributed by atoms with Crippen molar-refractivity contribution in [3.63, 3.8) is 0 Å². The first kappa shape index (κ1) is 8.80. The Hall–Kier alpha value is -1.29. The minimum atomic E-state index is -0.300. The third-order valence-electron chi connectivity index (χ3n) is 1.45. The first-order chi connectivity index (χ1) is 5.58. The van der Waals surface area contributed by atoms with Crippen LogP contribution < -0.4 is 11.3 Å². The van der Waals surface area contributed by atoms with Crippen molar-refractivity contribution in [2.45, 2.75) is 19.4 Å². The Balaban J connectivity index is 2.93. The number of pyridine rings is 1. The molecule has 4 heteroatoms. The van der Waals surface area contributed by atoms with Gasteiger partial charge in [-0.2, -0.15) is 0 Å². The van der Waals surface area contributed by atoms with Crippen molar-refractivity contribution in [3.8, 4) is 5.88 Å². The highest BCUT2D eigenvalue weighted by Gasteiger charge is 2.00. The van der Waals surface area contributed by atoms with Gasteiger partial charge in [0, 0.05) is 18.2 Å². The summed E-state index contributed by atoms with van der Waals surface area (Å²) in [6.07, 6.45) is 0.595. The Bertz CT molecular complexity index is 317. The molecule has 0 amide bonds. The molecule has 0 saturated carbocycles. The minimum absolute atomic E-state index is 0.00815. The Morgan fingerprint density at radius 3 is 2.83 bits per heavy atom. The van der Waals surface area contributed by atoms with Crippen LogP contribution in [-0.2, 0) is 6.42 Å². The molecular formula is C8H12N2O2. The first-order valence-electron chi connectivity index (χ1n) is 3.75. The molecule has 12 heavy (non-hydrogen) atoms. The molecule has 1 rings (SSSR count). The fraction of sp³-hybridized carbons (Fsp3) is 0.375. The normalized spacial score (nSPS) is 12.8. The van der Waals surface area contributed by atoms with E-state index >= 15 is 0 Å². The van der Waals surface area contributed by atoms with Crippen LogP contribution in [-0.4, -0.2) is 16.1 Å². The van der Waals surface area contributed by atoms with Crippen LogP contribution in [0.1, 0.15) is 12.5 Å². The van der Waals surface area contributed by atoms with Gasteiger partial charge < -0.3 is 10.8 Å². The van der Waals surface area contributed by atoms with Gasteiger partial charge in [0.15, 0.2) is 5.88 Å². The largest absolute Gasteiger partial charge is 0.495 e. The predicted molar refractivity (Wildman–Crippen MR) is 46.1 cm³/mol. The van der Waals surface area contributed by atoms with Crippen LogP contribution in [0.15, 0.2) is 16.9 Å². The van der Waals surface area contributed by atoms with E-state index in [1.54, 1.807) is 0 Å². The summed E-state index contributed by atoms with van der Waals surface area (Å²) in [4.78, 5) is 13.1. The summed E-state index contributed by atoms with van der Waals surface area (Å²) in [5.41, 5.74) is 5.99. The van der Waals surface area contributed by atoms with E-state index < -0.39 is 0 Å². The lowest BCUT2D eigenvalue weighted by Crippen LogP contribution is -2.19. The molecule has 0 unspecified atom stereocenters. The van der Waals surface area contributed by atoms with E-state index in [0.29, 0.717) is 6.42 Å². The second kappa shape index (κ2) is 3.40. The number of aromatic nitrogens is 1. The highest BCUT2D eigenvalue weighted by Crippen LogP contribution is 2.05. The van der Waals surface area contributed by atoms with Crippen LogP contribution in [0.5, 0.6) is 5.88 Å². The number of nitrogens with two attached hydrogens (primary N) is 1. The third-order valence-corrected chi connectivity index (χ3v) is 1.45. The molecular weight excluding hydrogens is 156 g/mol. The molecule has 0 aliphatic heterocycles. The van der Waals surface area contributed by atoms with Crippen molar-refractivity contribution in [2.75, 3.05) is 0 Å². The van der Waals surface area contributed by atoms with Gasteiger partial charge in [0.25, 0.3) is 5.56 Å². The van der Waals surface area contributed by atoms with Crippen LogP contribution in [0.4, 0.5) is 0 Å². The zero-order chi connectivity index (χ0) is 9.14. The summed E-state index contributed by atoms with van der Waals surface area (Å²) in [6, 6.07) is 2.93. The Morgan fingerprint density at radius 2 is 2.33 bits per heavy atom. The van der Waals surface area contributed by atoms with Crippen LogP contribution in [0.25, 0.3) is 0 Å². The van der Waals surface area contributed by atoms with Crippen molar-refractivity contribution in [2.24, 2.45) is 5.73 Å². The second-order valence-corrected chi connectivity index (χ2v) is 2.92. The zero-order valence-electron chi connectivity index (χ0n) is 6.87. The molecule has 1 atom stereocenters. The summed E-state index contributed by atoms with van der Waals surface area (Å²) >= 11 is 0. The van der Waals surface area contributed by atoms with Gasteiger partial charge in [-0.15, -0.1) is 0 Å².